The molecular weight excluding hydrogens is 831 g/mol. The topological polar surface area (TPSA) is 233 Å². The number of rotatable bonds is 8. The van der Waals surface area contributed by atoms with Crippen LogP contribution in [0.25, 0.3) is 33.9 Å². The molecule has 2 aromatic carbocycles. The molecule has 4 aromatic heterocycles. The molecule has 2 saturated heterocycles. The number of anilines is 2. The van der Waals surface area contributed by atoms with Crippen LogP contribution in [0.3, 0.4) is 0 Å². The van der Waals surface area contributed by atoms with Crippen LogP contribution in [0, 0.1) is 34.3 Å². The quantitative estimate of drug-likeness (QED) is 0.172. The lowest BCUT2D eigenvalue weighted by Crippen LogP contribution is -2.25. The number of amides is 2. The molecule has 6 aromatic rings. The number of pyridine rings is 2. The first-order valence-electron chi connectivity index (χ1n) is 20.1. The molecule has 0 aliphatic carbocycles. The Kier molecular flexibility index (Phi) is 11.0. The van der Waals surface area contributed by atoms with Crippen molar-refractivity contribution in [3.8, 4) is 46.0 Å². The highest BCUT2D eigenvalue weighted by Gasteiger charge is 2.35. The van der Waals surface area contributed by atoms with E-state index in [0.29, 0.717) is 71.7 Å². The smallest absolute Gasteiger partial charge is 0.255 e. The zero-order chi connectivity index (χ0) is 44.8. The minimum atomic E-state index is -0.627. The molecule has 4 aliphatic rings. The molecule has 2 amide bonds. The maximum atomic E-state index is 14.7. The summed E-state index contributed by atoms with van der Waals surface area (Å²) in [4.78, 5) is 37.7. The maximum Gasteiger partial charge on any atom is 0.255 e. The van der Waals surface area contributed by atoms with E-state index in [1.54, 1.807) is 50.9 Å². The van der Waals surface area contributed by atoms with E-state index in [1.165, 1.54) is 45.8 Å². The molecule has 2 fully saturated rings. The second-order valence-corrected chi connectivity index (χ2v) is 15.3. The summed E-state index contributed by atoms with van der Waals surface area (Å²) >= 11 is 0. The lowest BCUT2D eigenvalue weighted by molar-refractivity contribution is 0.0217. The molecule has 4 N–H and O–H groups in total. The summed E-state index contributed by atoms with van der Waals surface area (Å²) in [5.41, 5.74) is 3.46. The van der Waals surface area contributed by atoms with Crippen LogP contribution in [0.2, 0.25) is 0 Å². The third-order valence-corrected chi connectivity index (χ3v) is 11.6. The van der Waals surface area contributed by atoms with Gasteiger partial charge in [0.1, 0.15) is 23.8 Å². The third-order valence-electron chi connectivity index (χ3n) is 11.6. The fourth-order valence-corrected chi connectivity index (χ4v) is 8.38. The van der Waals surface area contributed by atoms with Gasteiger partial charge in [-0.2, -0.15) is 20.7 Å². The number of aliphatic hydroxyl groups excluding tert-OH is 2. The summed E-state index contributed by atoms with van der Waals surface area (Å²) in [6.45, 7) is 2.11. The Labute approximate surface area is 363 Å². The van der Waals surface area contributed by atoms with E-state index in [4.69, 9.17) is 9.47 Å². The zero-order valence-corrected chi connectivity index (χ0v) is 34.2. The van der Waals surface area contributed by atoms with Crippen LogP contribution in [0.1, 0.15) is 43.2 Å². The Morgan fingerprint density at radius 3 is 1.45 bits per heavy atom. The molecule has 0 saturated carbocycles. The molecule has 0 bridgehead atoms. The van der Waals surface area contributed by atoms with Gasteiger partial charge in [0.2, 0.25) is 0 Å². The summed E-state index contributed by atoms with van der Waals surface area (Å²) in [6, 6.07) is 19.2. The number of aliphatic hydroxyl groups is 2. The standard InChI is InChI=1S/2C22H19FN6O3/c2*1-32-18-11-28(10-17(18)30)19-5-6-29(27-19)16-7-14(26-15-9-25-22(31)21(15)16)20-12(8-24)3-2-4-13(20)23/h2*2-7,17-18,30H,9-11H2,1H3,(H,25,31)/t2*17-,18+/m11/s1. The van der Waals surface area contributed by atoms with E-state index in [9.17, 15) is 39.1 Å². The number of β-amino-alcohol motifs (C(OH)–C–C–N with tert-alkyl or cyclic N) is 2. The van der Waals surface area contributed by atoms with Crippen molar-refractivity contribution in [2.45, 2.75) is 37.5 Å². The molecule has 0 unspecified atom stereocenters. The summed E-state index contributed by atoms with van der Waals surface area (Å²) in [7, 11) is 3.10. The van der Waals surface area contributed by atoms with Gasteiger partial charge >= 0.3 is 0 Å². The van der Waals surface area contributed by atoms with Crippen LogP contribution in [-0.2, 0) is 22.6 Å². The molecule has 18 nitrogen and oxygen atoms in total. The molecule has 10 rings (SSSR count). The monoisotopic (exact) mass is 868 g/mol. The van der Waals surface area contributed by atoms with Crippen LogP contribution in [0.5, 0.6) is 0 Å². The van der Waals surface area contributed by atoms with E-state index >= 15 is 0 Å². The van der Waals surface area contributed by atoms with Crippen molar-refractivity contribution in [3.05, 3.63) is 118 Å². The number of hydrogen-bond donors (Lipinski definition) is 4. The first-order valence-corrected chi connectivity index (χ1v) is 20.1. The molecule has 4 aliphatic heterocycles. The molecule has 64 heavy (non-hydrogen) atoms. The average Bonchev–Trinajstić information content (AvgIpc) is 4.17. The lowest BCUT2D eigenvalue weighted by Gasteiger charge is -2.15. The second-order valence-electron chi connectivity index (χ2n) is 15.3. The largest absolute Gasteiger partial charge is 0.388 e. The Morgan fingerprint density at radius 1 is 0.656 bits per heavy atom. The normalized spacial score (nSPS) is 19.7. The highest BCUT2D eigenvalue weighted by molar-refractivity contribution is 6.02. The van der Waals surface area contributed by atoms with Gasteiger partial charge in [0.25, 0.3) is 11.8 Å². The van der Waals surface area contributed by atoms with Crippen LogP contribution in [0.4, 0.5) is 20.4 Å². The summed E-state index contributed by atoms with van der Waals surface area (Å²) in [6.07, 6.45) is 1.51. The lowest BCUT2D eigenvalue weighted by atomic mass is 10.0. The first-order chi connectivity index (χ1) is 31.0. The van der Waals surface area contributed by atoms with Gasteiger partial charge < -0.3 is 40.1 Å². The highest BCUT2D eigenvalue weighted by Crippen LogP contribution is 2.34. The highest BCUT2D eigenvalue weighted by atomic mass is 19.1. The molecule has 4 atom stereocenters. The number of methoxy groups -OCH3 is 2. The second kappa shape index (κ2) is 16.9. The molecule has 0 radical (unpaired) electrons. The summed E-state index contributed by atoms with van der Waals surface area (Å²) in [5.74, 6) is -0.516. The van der Waals surface area contributed by atoms with E-state index in [-0.39, 0.29) is 70.8 Å². The molecule has 20 heteroatoms. The van der Waals surface area contributed by atoms with Crippen molar-refractivity contribution in [2.24, 2.45) is 0 Å². The fraction of sp³-hybridized carbons (Fsp3) is 0.273. The number of fused-ring (bicyclic) bond motifs is 2. The number of nitrogens with zero attached hydrogens (tertiary/aromatic N) is 10. The first kappa shape index (κ1) is 41.7. The number of benzene rings is 2. The number of ether oxygens (including phenoxy) is 2. The average molecular weight is 869 g/mol. The van der Waals surface area contributed by atoms with E-state index in [1.807, 2.05) is 21.9 Å². The SMILES string of the molecule is CO[C@H]1CN(c2ccn(-c3cc(-c4c(F)cccc4C#N)nc4c3C(=O)NC4)n2)C[C@H]1O.CO[C@H]1CN(c2ccn(-c3cc(-c4c(F)cccc4C#N)nc4c3C(=O)NC4)n2)C[C@H]1O. The molecule has 0 spiro atoms. The Balaban J connectivity index is 0.000000162. The van der Waals surface area contributed by atoms with E-state index < -0.39 is 23.8 Å². The van der Waals surface area contributed by atoms with Gasteiger partial charge in [-0.05, 0) is 36.4 Å². The predicted octanol–water partition coefficient (Wildman–Crippen LogP) is 2.77. The summed E-state index contributed by atoms with van der Waals surface area (Å²) < 4.78 is 43.0. The van der Waals surface area contributed by atoms with Crippen LogP contribution < -0.4 is 20.4 Å². The van der Waals surface area contributed by atoms with Gasteiger partial charge in [0.05, 0.1) is 105 Å². The van der Waals surface area contributed by atoms with Crippen LogP contribution in [-0.4, -0.2) is 116 Å². The van der Waals surface area contributed by atoms with Gasteiger partial charge in [-0.3, -0.25) is 9.59 Å². The van der Waals surface area contributed by atoms with Crippen molar-refractivity contribution in [2.75, 3.05) is 50.2 Å². The van der Waals surface area contributed by atoms with E-state index in [0.717, 1.165) is 0 Å². The number of nitrogens with one attached hydrogen (secondary N) is 2. The van der Waals surface area contributed by atoms with Crippen molar-refractivity contribution >= 4 is 23.5 Å². The molecule has 324 valence electrons. The number of halogens is 2. The maximum absolute atomic E-state index is 14.7. The van der Waals surface area contributed by atoms with Gasteiger partial charge in [0.15, 0.2) is 11.6 Å². The van der Waals surface area contributed by atoms with Crippen LogP contribution >= 0.6 is 0 Å². The Bertz CT molecular complexity index is 2730. The van der Waals surface area contributed by atoms with Gasteiger partial charge in [-0.15, -0.1) is 0 Å². The van der Waals surface area contributed by atoms with Crippen LogP contribution in [0.15, 0.2) is 73.1 Å². The summed E-state index contributed by atoms with van der Waals surface area (Å²) in [5, 5.41) is 53.8. The number of carbonyl (C=O) groups excluding carboxylic acids is 2. The number of hydrogen-bond acceptors (Lipinski definition) is 14. The molecule has 8 heterocycles. The van der Waals surface area contributed by atoms with Gasteiger partial charge in [0, 0.05) is 64.9 Å². The number of nitriles is 2. The number of aromatic nitrogens is 6. The van der Waals surface area contributed by atoms with Crippen molar-refractivity contribution in [3.63, 3.8) is 0 Å². The zero-order valence-electron chi connectivity index (χ0n) is 34.2. The predicted molar refractivity (Wildman–Crippen MR) is 223 cm³/mol. The number of carbonyl (C=O) groups is 2. The minimum absolute atomic E-state index is 0.0800. The van der Waals surface area contributed by atoms with Gasteiger partial charge in [-0.25, -0.2) is 28.1 Å². The minimum Gasteiger partial charge on any atom is -0.388 e. The van der Waals surface area contributed by atoms with Crippen molar-refractivity contribution < 1.29 is 38.1 Å². The van der Waals surface area contributed by atoms with Gasteiger partial charge in [-0.1, -0.05) is 12.1 Å². The molecular formula is C44H38F2N12O6. The Hall–Kier alpha value is -7.62. The van der Waals surface area contributed by atoms with Crippen molar-refractivity contribution in [1.29, 1.82) is 10.5 Å². The Morgan fingerprint density at radius 2 is 1.08 bits per heavy atom. The fourth-order valence-electron chi connectivity index (χ4n) is 8.38. The van der Waals surface area contributed by atoms with Crippen molar-refractivity contribution in [1.82, 2.24) is 40.2 Å². The van der Waals surface area contributed by atoms with E-state index in [2.05, 4.69) is 30.8 Å². The third kappa shape index (κ3) is 7.43.